The number of rotatable bonds is 3. The van der Waals surface area contributed by atoms with Gasteiger partial charge < -0.3 is 24.6 Å². The van der Waals surface area contributed by atoms with Gasteiger partial charge in [-0.05, 0) is 31.5 Å². The Hall–Kier alpha value is -1.79. The van der Waals surface area contributed by atoms with E-state index in [0.29, 0.717) is 19.7 Å². The second-order valence-electron chi connectivity index (χ2n) is 6.49. The summed E-state index contributed by atoms with van der Waals surface area (Å²) in [6.07, 6.45) is 0.104. The molecule has 6 heteroatoms. The third-order valence-electron chi connectivity index (χ3n) is 4.64. The fourth-order valence-corrected chi connectivity index (χ4v) is 3.16. The van der Waals surface area contributed by atoms with Gasteiger partial charge in [0.05, 0.1) is 32.0 Å². The van der Waals surface area contributed by atoms with Gasteiger partial charge >= 0.3 is 6.03 Å². The smallest absolute Gasteiger partial charge is 0.318 e. The SMILES string of the molecule is C[C@@H]1CN(C(=O)N[C@@H](C)c2ccc(N3CCOCC3)cc2)CCO1. The topological polar surface area (TPSA) is 54.0 Å². The van der Waals surface area contributed by atoms with Crippen molar-refractivity contribution in [3.8, 4) is 0 Å². The van der Waals surface area contributed by atoms with E-state index < -0.39 is 0 Å². The minimum absolute atomic E-state index is 0.0186. The molecule has 0 saturated carbocycles. The largest absolute Gasteiger partial charge is 0.378 e. The van der Waals surface area contributed by atoms with Crippen LogP contribution in [-0.2, 0) is 9.47 Å². The molecule has 2 atom stereocenters. The van der Waals surface area contributed by atoms with Crippen molar-refractivity contribution in [2.45, 2.75) is 26.0 Å². The molecule has 1 aromatic rings. The number of morpholine rings is 2. The molecule has 24 heavy (non-hydrogen) atoms. The van der Waals surface area contributed by atoms with E-state index >= 15 is 0 Å². The summed E-state index contributed by atoms with van der Waals surface area (Å²) in [6, 6.07) is 8.40. The summed E-state index contributed by atoms with van der Waals surface area (Å²) in [5.41, 5.74) is 2.32. The summed E-state index contributed by atoms with van der Waals surface area (Å²) >= 11 is 0. The molecule has 2 aliphatic rings. The predicted molar refractivity (Wildman–Crippen MR) is 93.4 cm³/mol. The maximum atomic E-state index is 12.4. The molecule has 0 spiro atoms. The number of anilines is 1. The van der Waals surface area contributed by atoms with Crippen LogP contribution in [0.25, 0.3) is 0 Å². The lowest BCUT2D eigenvalue weighted by molar-refractivity contribution is -0.00380. The number of ether oxygens (including phenoxy) is 2. The zero-order chi connectivity index (χ0) is 16.9. The summed E-state index contributed by atoms with van der Waals surface area (Å²) in [4.78, 5) is 16.5. The first kappa shape index (κ1) is 17.0. The first-order valence-corrected chi connectivity index (χ1v) is 8.73. The molecule has 3 rings (SSSR count). The number of carbonyl (C=O) groups is 1. The van der Waals surface area contributed by atoms with Gasteiger partial charge in [0, 0.05) is 31.9 Å². The maximum Gasteiger partial charge on any atom is 0.318 e. The number of benzene rings is 1. The minimum Gasteiger partial charge on any atom is -0.378 e. The molecular weight excluding hydrogens is 306 g/mol. The van der Waals surface area contributed by atoms with Crippen LogP contribution in [0.15, 0.2) is 24.3 Å². The Balaban J connectivity index is 1.56. The molecular formula is C18H27N3O3. The summed E-state index contributed by atoms with van der Waals surface area (Å²) < 4.78 is 10.9. The van der Waals surface area contributed by atoms with E-state index in [1.54, 1.807) is 0 Å². The summed E-state index contributed by atoms with van der Waals surface area (Å²) in [5.74, 6) is 0. The standard InChI is InChI=1S/C18H27N3O3/c1-14-13-21(9-12-24-14)18(22)19-15(2)16-3-5-17(6-4-16)20-7-10-23-11-8-20/h3-6,14-15H,7-13H2,1-2H3,(H,19,22)/t14-,15+/m1/s1. The van der Waals surface area contributed by atoms with Crippen molar-refractivity contribution in [1.82, 2.24) is 10.2 Å². The second-order valence-corrected chi connectivity index (χ2v) is 6.49. The van der Waals surface area contributed by atoms with Crippen LogP contribution in [0.3, 0.4) is 0 Å². The number of amides is 2. The van der Waals surface area contributed by atoms with Gasteiger partial charge in [-0.25, -0.2) is 4.79 Å². The Bertz CT molecular complexity index is 543. The maximum absolute atomic E-state index is 12.4. The fraction of sp³-hybridized carbons (Fsp3) is 0.611. The molecule has 2 fully saturated rings. The second kappa shape index (κ2) is 7.85. The molecule has 0 unspecified atom stereocenters. The van der Waals surface area contributed by atoms with Crippen molar-refractivity contribution in [3.63, 3.8) is 0 Å². The van der Waals surface area contributed by atoms with Gasteiger partial charge in [0.15, 0.2) is 0 Å². The van der Waals surface area contributed by atoms with Crippen molar-refractivity contribution >= 4 is 11.7 Å². The lowest BCUT2D eigenvalue weighted by Crippen LogP contribution is -2.49. The van der Waals surface area contributed by atoms with Gasteiger partial charge in [-0.15, -0.1) is 0 Å². The van der Waals surface area contributed by atoms with Crippen LogP contribution >= 0.6 is 0 Å². The van der Waals surface area contributed by atoms with Gasteiger partial charge in [0.1, 0.15) is 0 Å². The first-order chi connectivity index (χ1) is 11.6. The van der Waals surface area contributed by atoms with Crippen molar-refractivity contribution in [2.75, 3.05) is 50.9 Å². The van der Waals surface area contributed by atoms with E-state index in [-0.39, 0.29) is 18.2 Å². The highest BCUT2D eigenvalue weighted by Gasteiger charge is 2.22. The quantitative estimate of drug-likeness (QED) is 0.919. The number of nitrogens with one attached hydrogen (secondary N) is 1. The van der Waals surface area contributed by atoms with E-state index in [1.165, 1.54) is 5.69 Å². The molecule has 2 saturated heterocycles. The van der Waals surface area contributed by atoms with Crippen LogP contribution in [0.2, 0.25) is 0 Å². The Kier molecular flexibility index (Phi) is 5.58. The van der Waals surface area contributed by atoms with Gasteiger partial charge in [-0.2, -0.15) is 0 Å². The van der Waals surface area contributed by atoms with Crippen molar-refractivity contribution < 1.29 is 14.3 Å². The summed E-state index contributed by atoms with van der Waals surface area (Å²) in [7, 11) is 0. The Morgan fingerprint density at radius 3 is 2.54 bits per heavy atom. The van der Waals surface area contributed by atoms with Gasteiger partial charge in [0.25, 0.3) is 0 Å². The van der Waals surface area contributed by atoms with Crippen LogP contribution in [0.5, 0.6) is 0 Å². The van der Waals surface area contributed by atoms with E-state index in [0.717, 1.165) is 31.9 Å². The van der Waals surface area contributed by atoms with E-state index in [4.69, 9.17) is 9.47 Å². The molecule has 0 aromatic heterocycles. The van der Waals surface area contributed by atoms with Crippen LogP contribution in [0.1, 0.15) is 25.5 Å². The van der Waals surface area contributed by atoms with Crippen LogP contribution < -0.4 is 10.2 Å². The van der Waals surface area contributed by atoms with Crippen LogP contribution in [-0.4, -0.2) is 63.0 Å². The summed E-state index contributed by atoms with van der Waals surface area (Å²) in [5, 5.41) is 3.08. The Morgan fingerprint density at radius 1 is 1.17 bits per heavy atom. The van der Waals surface area contributed by atoms with Gasteiger partial charge in [0.2, 0.25) is 0 Å². The number of nitrogens with zero attached hydrogens (tertiary/aromatic N) is 2. The third kappa shape index (κ3) is 4.19. The van der Waals surface area contributed by atoms with E-state index in [9.17, 15) is 4.79 Å². The Labute approximate surface area is 143 Å². The van der Waals surface area contributed by atoms with E-state index in [1.807, 2.05) is 18.7 Å². The average molecular weight is 333 g/mol. The van der Waals surface area contributed by atoms with Crippen molar-refractivity contribution in [2.24, 2.45) is 0 Å². The zero-order valence-electron chi connectivity index (χ0n) is 14.5. The van der Waals surface area contributed by atoms with Crippen LogP contribution in [0, 0.1) is 0 Å². The summed E-state index contributed by atoms with van der Waals surface area (Å²) in [6.45, 7) is 9.35. The predicted octanol–water partition coefficient (Wildman–Crippen LogP) is 2.01. The van der Waals surface area contributed by atoms with Gasteiger partial charge in [-0.3, -0.25) is 0 Å². The highest BCUT2D eigenvalue weighted by molar-refractivity contribution is 5.74. The van der Waals surface area contributed by atoms with Crippen molar-refractivity contribution in [3.05, 3.63) is 29.8 Å². The molecule has 0 bridgehead atoms. The lowest BCUT2D eigenvalue weighted by Gasteiger charge is -2.32. The molecule has 2 amide bonds. The molecule has 1 aromatic carbocycles. The average Bonchev–Trinajstić information content (AvgIpc) is 2.62. The molecule has 132 valence electrons. The van der Waals surface area contributed by atoms with Gasteiger partial charge in [-0.1, -0.05) is 12.1 Å². The normalized spacial score (nSPS) is 23.0. The number of hydrogen-bond donors (Lipinski definition) is 1. The molecule has 0 aliphatic carbocycles. The van der Waals surface area contributed by atoms with Crippen LogP contribution in [0.4, 0.5) is 10.5 Å². The third-order valence-corrected chi connectivity index (χ3v) is 4.64. The Morgan fingerprint density at radius 2 is 1.88 bits per heavy atom. The molecule has 6 nitrogen and oxygen atoms in total. The minimum atomic E-state index is -0.0191. The zero-order valence-corrected chi connectivity index (χ0v) is 14.5. The highest BCUT2D eigenvalue weighted by Crippen LogP contribution is 2.20. The number of hydrogen-bond acceptors (Lipinski definition) is 4. The monoisotopic (exact) mass is 333 g/mol. The lowest BCUT2D eigenvalue weighted by atomic mass is 10.1. The van der Waals surface area contributed by atoms with E-state index in [2.05, 4.69) is 34.5 Å². The number of carbonyl (C=O) groups excluding carboxylic acids is 1. The fourth-order valence-electron chi connectivity index (χ4n) is 3.16. The van der Waals surface area contributed by atoms with Crippen molar-refractivity contribution in [1.29, 1.82) is 0 Å². The molecule has 2 heterocycles. The molecule has 0 radical (unpaired) electrons. The molecule has 2 aliphatic heterocycles. The number of urea groups is 1. The first-order valence-electron chi connectivity index (χ1n) is 8.73. The molecule has 1 N–H and O–H groups in total. The highest BCUT2D eigenvalue weighted by atomic mass is 16.5.